The largest absolute Gasteiger partial charge is 0.331 e. The van der Waals surface area contributed by atoms with Gasteiger partial charge in [0.05, 0.1) is 16.7 Å². The molecule has 172 valence electrons. The van der Waals surface area contributed by atoms with Crippen LogP contribution >= 0.6 is 11.6 Å². The maximum absolute atomic E-state index is 12.9. The molecule has 0 bridgehead atoms. The molecule has 0 aromatic heterocycles. The number of rotatable bonds is 6. The van der Waals surface area contributed by atoms with Crippen molar-refractivity contribution in [2.45, 2.75) is 36.7 Å². The summed E-state index contributed by atoms with van der Waals surface area (Å²) in [5.41, 5.74) is 4.60. The fourth-order valence-electron chi connectivity index (χ4n) is 3.98. The first kappa shape index (κ1) is 23.3. The van der Waals surface area contributed by atoms with Crippen LogP contribution in [0.4, 0.5) is 10.5 Å². The predicted octanol–water partition coefficient (Wildman–Crippen LogP) is 5.14. The Kier molecular flexibility index (Phi) is 6.74. The first-order valence-electron chi connectivity index (χ1n) is 10.6. The van der Waals surface area contributed by atoms with E-state index in [1.54, 1.807) is 24.3 Å². The third-order valence-electron chi connectivity index (χ3n) is 5.68. The van der Waals surface area contributed by atoms with Crippen LogP contribution in [0.2, 0.25) is 5.02 Å². The highest BCUT2D eigenvalue weighted by Crippen LogP contribution is 2.25. The maximum Gasteiger partial charge on any atom is 0.319 e. The molecular weight excluding hydrogens is 458 g/mol. The zero-order chi connectivity index (χ0) is 23.6. The Hall–Kier alpha value is -2.87. The van der Waals surface area contributed by atoms with Gasteiger partial charge in [-0.25, -0.2) is 13.2 Å². The van der Waals surface area contributed by atoms with Gasteiger partial charge in [-0.3, -0.25) is 4.90 Å². The average Bonchev–Trinajstić information content (AvgIpc) is 3.13. The van der Waals surface area contributed by atoms with Crippen molar-refractivity contribution in [1.82, 2.24) is 10.2 Å². The number of amides is 2. The Balaban J connectivity index is 1.38. The SMILES string of the molecule is CC(NC(=O)Nc1ccc(S(=O)(=O)Cc2ccc3c(c2)CN(C)C3)cc1)c1cccc(Cl)c1. The number of carbonyl (C=O) groups excluding carboxylic acids is 1. The van der Waals surface area contributed by atoms with Gasteiger partial charge in [-0.2, -0.15) is 0 Å². The number of fused-ring (bicyclic) bond motifs is 1. The molecule has 1 atom stereocenters. The summed E-state index contributed by atoms with van der Waals surface area (Å²) in [4.78, 5) is 14.8. The lowest BCUT2D eigenvalue weighted by atomic mass is 10.1. The van der Waals surface area contributed by atoms with Crippen molar-refractivity contribution in [1.29, 1.82) is 0 Å². The van der Waals surface area contributed by atoms with E-state index in [9.17, 15) is 13.2 Å². The number of urea groups is 1. The minimum absolute atomic E-state index is 0.0611. The number of hydrogen-bond donors (Lipinski definition) is 2. The van der Waals surface area contributed by atoms with Gasteiger partial charge in [-0.05, 0) is 72.6 Å². The Bertz CT molecular complexity index is 1280. The van der Waals surface area contributed by atoms with E-state index in [-0.39, 0.29) is 22.7 Å². The highest BCUT2D eigenvalue weighted by atomic mass is 35.5. The first-order chi connectivity index (χ1) is 15.7. The van der Waals surface area contributed by atoms with Crippen LogP contribution in [0.1, 0.15) is 35.2 Å². The summed E-state index contributed by atoms with van der Waals surface area (Å²) >= 11 is 6.01. The monoisotopic (exact) mass is 483 g/mol. The van der Waals surface area contributed by atoms with Gasteiger partial charge in [0, 0.05) is 23.8 Å². The zero-order valence-electron chi connectivity index (χ0n) is 18.5. The number of nitrogens with one attached hydrogen (secondary N) is 2. The van der Waals surface area contributed by atoms with Crippen molar-refractivity contribution >= 4 is 33.2 Å². The number of anilines is 1. The lowest BCUT2D eigenvalue weighted by molar-refractivity contribution is 0.249. The fourth-order valence-corrected chi connectivity index (χ4v) is 5.51. The summed E-state index contributed by atoms with van der Waals surface area (Å²) in [5.74, 6) is -0.0611. The molecule has 2 amide bonds. The van der Waals surface area contributed by atoms with Gasteiger partial charge in [0.15, 0.2) is 9.84 Å². The van der Waals surface area contributed by atoms with Crippen LogP contribution in [0.3, 0.4) is 0 Å². The van der Waals surface area contributed by atoms with Gasteiger partial charge < -0.3 is 10.6 Å². The Morgan fingerprint density at radius 1 is 1.03 bits per heavy atom. The van der Waals surface area contributed by atoms with Crippen LogP contribution < -0.4 is 10.6 Å². The molecule has 4 rings (SSSR count). The van der Waals surface area contributed by atoms with E-state index < -0.39 is 9.84 Å². The van der Waals surface area contributed by atoms with Crippen molar-refractivity contribution < 1.29 is 13.2 Å². The van der Waals surface area contributed by atoms with Gasteiger partial charge in [0.25, 0.3) is 0 Å². The van der Waals surface area contributed by atoms with E-state index in [2.05, 4.69) is 15.5 Å². The van der Waals surface area contributed by atoms with E-state index in [0.29, 0.717) is 10.7 Å². The molecule has 0 aliphatic carbocycles. The molecule has 0 spiro atoms. The van der Waals surface area contributed by atoms with Gasteiger partial charge in [0.1, 0.15) is 0 Å². The predicted molar refractivity (Wildman–Crippen MR) is 131 cm³/mol. The molecular formula is C25H26ClN3O3S. The normalized spacial score (nSPS) is 14.5. The van der Waals surface area contributed by atoms with Crippen LogP contribution in [-0.4, -0.2) is 26.4 Å². The van der Waals surface area contributed by atoms with Crippen LogP contribution in [0, 0.1) is 0 Å². The van der Waals surface area contributed by atoms with Crippen molar-refractivity contribution in [2.24, 2.45) is 0 Å². The molecule has 33 heavy (non-hydrogen) atoms. The molecule has 3 aromatic carbocycles. The van der Waals surface area contributed by atoms with E-state index in [0.717, 1.165) is 24.2 Å². The van der Waals surface area contributed by atoms with E-state index in [1.807, 2.05) is 44.3 Å². The lowest BCUT2D eigenvalue weighted by Gasteiger charge is -2.15. The molecule has 1 aliphatic heterocycles. The molecule has 0 radical (unpaired) electrons. The van der Waals surface area contributed by atoms with Gasteiger partial charge >= 0.3 is 6.03 Å². The van der Waals surface area contributed by atoms with E-state index >= 15 is 0 Å². The fraction of sp³-hybridized carbons (Fsp3) is 0.240. The van der Waals surface area contributed by atoms with Crippen LogP contribution in [0.25, 0.3) is 0 Å². The van der Waals surface area contributed by atoms with Crippen molar-refractivity contribution in [3.63, 3.8) is 0 Å². The Morgan fingerprint density at radius 3 is 2.48 bits per heavy atom. The summed E-state index contributed by atoms with van der Waals surface area (Å²) < 4.78 is 25.8. The number of benzene rings is 3. The molecule has 6 nitrogen and oxygen atoms in total. The number of halogens is 1. The van der Waals surface area contributed by atoms with Crippen molar-refractivity contribution in [2.75, 3.05) is 12.4 Å². The van der Waals surface area contributed by atoms with Gasteiger partial charge in [-0.15, -0.1) is 0 Å². The van der Waals surface area contributed by atoms with Crippen molar-refractivity contribution in [3.05, 3.63) is 94.0 Å². The minimum Gasteiger partial charge on any atom is -0.331 e. The second-order valence-corrected chi connectivity index (χ2v) is 10.9. The maximum atomic E-state index is 12.9. The summed E-state index contributed by atoms with van der Waals surface area (Å²) in [6, 6.07) is 18.8. The summed E-state index contributed by atoms with van der Waals surface area (Å²) in [6.45, 7) is 3.59. The van der Waals surface area contributed by atoms with E-state index in [4.69, 9.17) is 11.6 Å². The standard InChI is InChI=1S/C25H26ClN3O3S/c1-17(19-4-3-5-22(26)13-19)27-25(30)28-23-8-10-24(11-9-23)33(31,32)16-18-6-7-20-14-29(2)15-21(20)12-18/h3-13,17H,14-16H2,1-2H3,(H2,27,28,30). The molecule has 2 N–H and O–H groups in total. The second kappa shape index (κ2) is 9.55. The molecule has 1 unspecified atom stereocenters. The molecule has 0 fully saturated rings. The molecule has 8 heteroatoms. The average molecular weight is 484 g/mol. The number of carbonyl (C=O) groups is 1. The van der Waals surface area contributed by atoms with Crippen molar-refractivity contribution in [3.8, 4) is 0 Å². The topological polar surface area (TPSA) is 78.5 Å². The molecule has 1 heterocycles. The smallest absolute Gasteiger partial charge is 0.319 e. The number of nitrogens with zero attached hydrogens (tertiary/aromatic N) is 1. The van der Waals surface area contributed by atoms with Crippen LogP contribution in [-0.2, 0) is 28.7 Å². The van der Waals surface area contributed by atoms with Gasteiger partial charge in [0.2, 0.25) is 0 Å². The summed E-state index contributed by atoms with van der Waals surface area (Å²) in [7, 11) is -1.46. The quantitative estimate of drug-likeness (QED) is 0.508. The Labute approximate surface area is 199 Å². The zero-order valence-corrected chi connectivity index (χ0v) is 20.1. The third-order valence-corrected chi connectivity index (χ3v) is 7.61. The van der Waals surface area contributed by atoms with Gasteiger partial charge in [-0.1, -0.05) is 41.9 Å². The van der Waals surface area contributed by atoms with Crippen LogP contribution in [0.5, 0.6) is 0 Å². The summed E-state index contributed by atoms with van der Waals surface area (Å²) in [6.07, 6.45) is 0. The molecule has 0 saturated carbocycles. The minimum atomic E-state index is -3.50. The summed E-state index contributed by atoms with van der Waals surface area (Å²) in [5, 5.41) is 6.18. The third kappa shape index (κ3) is 5.74. The second-order valence-electron chi connectivity index (χ2n) is 8.43. The first-order valence-corrected chi connectivity index (χ1v) is 12.7. The number of sulfone groups is 1. The van der Waals surface area contributed by atoms with Crippen LogP contribution in [0.15, 0.2) is 71.6 Å². The molecule has 0 saturated heterocycles. The number of hydrogen-bond acceptors (Lipinski definition) is 4. The Morgan fingerprint density at radius 2 is 1.76 bits per heavy atom. The molecule has 1 aliphatic rings. The van der Waals surface area contributed by atoms with E-state index in [1.165, 1.54) is 23.3 Å². The lowest BCUT2D eigenvalue weighted by Crippen LogP contribution is -2.31. The highest BCUT2D eigenvalue weighted by molar-refractivity contribution is 7.90. The highest BCUT2D eigenvalue weighted by Gasteiger charge is 2.20. The molecule has 3 aromatic rings.